The molecular formula is C13H18N2O2. The molecule has 2 aliphatic rings. The molecule has 0 unspecified atom stereocenters. The van der Waals surface area contributed by atoms with E-state index in [-0.39, 0.29) is 11.6 Å². The second-order valence-electron chi connectivity index (χ2n) is 5.29. The summed E-state index contributed by atoms with van der Waals surface area (Å²) in [6.07, 6.45) is 1.06. The van der Waals surface area contributed by atoms with Crippen molar-refractivity contribution in [2.75, 3.05) is 25.5 Å². The van der Waals surface area contributed by atoms with E-state index in [1.165, 1.54) is 5.56 Å². The monoisotopic (exact) mass is 234 g/mol. The number of fused-ring (bicyclic) bond motifs is 3. The number of anilines is 1. The number of likely N-dealkylation sites (N-methyl/N-ethyl adjacent to an activating group) is 1. The Morgan fingerprint density at radius 1 is 1.41 bits per heavy atom. The van der Waals surface area contributed by atoms with Crippen LogP contribution in [0.25, 0.3) is 0 Å². The van der Waals surface area contributed by atoms with E-state index in [1.54, 1.807) is 6.07 Å². The second-order valence-corrected chi connectivity index (χ2v) is 5.29. The van der Waals surface area contributed by atoms with Gasteiger partial charge in [-0.05, 0) is 30.2 Å². The van der Waals surface area contributed by atoms with Crippen molar-refractivity contribution < 1.29 is 9.94 Å². The molecule has 92 valence electrons. The molecule has 3 rings (SSSR count). The predicted octanol–water partition coefficient (Wildman–Crippen LogP) is 1.69. The topological polar surface area (TPSA) is 35.9 Å². The van der Waals surface area contributed by atoms with Crippen molar-refractivity contribution in [3.05, 3.63) is 23.8 Å². The lowest BCUT2D eigenvalue weighted by Crippen LogP contribution is -2.52. The Kier molecular flexibility index (Phi) is 2.15. The third-order valence-corrected chi connectivity index (χ3v) is 4.10. The Labute approximate surface area is 101 Å². The van der Waals surface area contributed by atoms with Crippen LogP contribution in [0.2, 0.25) is 0 Å². The smallest absolute Gasteiger partial charge is 0.160 e. The van der Waals surface area contributed by atoms with Crippen molar-refractivity contribution in [3.63, 3.8) is 0 Å². The third-order valence-electron chi connectivity index (χ3n) is 4.10. The van der Waals surface area contributed by atoms with Gasteiger partial charge in [-0.25, -0.2) is 0 Å². The molecule has 0 bridgehead atoms. The molecule has 4 heteroatoms. The third kappa shape index (κ3) is 1.37. The highest BCUT2D eigenvalue weighted by Crippen LogP contribution is 2.49. The average Bonchev–Trinajstić information content (AvgIpc) is 2.50. The number of aromatic hydroxyl groups is 1. The Balaban J connectivity index is 2.12. The van der Waals surface area contributed by atoms with Gasteiger partial charge >= 0.3 is 0 Å². The van der Waals surface area contributed by atoms with Gasteiger partial charge in [0.25, 0.3) is 0 Å². The summed E-state index contributed by atoms with van der Waals surface area (Å²) in [6, 6.07) is 5.58. The van der Waals surface area contributed by atoms with Crippen molar-refractivity contribution in [1.82, 2.24) is 5.06 Å². The van der Waals surface area contributed by atoms with Gasteiger partial charge in [0.05, 0.1) is 0 Å². The molecule has 1 N–H and O–H groups in total. The summed E-state index contributed by atoms with van der Waals surface area (Å²) in [6.45, 7) is 3.13. The first kappa shape index (κ1) is 10.9. The summed E-state index contributed by atoms with van der Waals surface area (Å²) < 4.78 is 0. The molecule has 1 aromatic carbocycles. The van der Waals surface area contributed by atoms with E-state index in [1.807, 2.05) is 31.3 Å². The second kappa shape index (κ2) is 3.37. The van der Waals surface area contributed by atoms with E-state index in [0.29, 0.717) is 5.75 Å². The largest absolute Gasteiger partial charge is 0.508 e. The number of nitrogens with zero attached hydrogens (tertiary/aromatic N) is 2. The van der Waals surface area contributed by atoms with Gasteiger partial charge in [-0.2, -0.15) is 5.06 Å². The molecule has 0 spiro atoms. The fraction of sp³-hybridized carbons (Fsp3) is 0.538. The zero-order valence-electron chi connectivity index (χ0n) is 10.5. The molecule has 2 aliphatic heterocycles. The molecule has 2 heterocycles. The van der Waals surface area contributed by atoms with Gasteiger partial charge in [-0.15, -0.1) is 0 Å². The number of hydroxylamine groups is 2. The summed E-state index contributed by atoms with van der Waals surface area (Å²) >= 11 is 0. The average molecular weight is 234 g/mol. The minimum atomic E-state index is -0.0324. The predicted molar refractivity (Wildman–Crippen MR) is 66.0 cm³/mol. The van der Waals surface area contributed by atoms with E-state index < -0.39 is 0 Å². The van der Waals surface area contributed by atoms with E-state index in [4.69, 9.17) is 4.84 Å². The number of benzene rings is 1. The Morgan fingerprint density at radius 2 is 2.18 bits per heavy atom. The number of phenols is 1. The SMILES string of the molecule is CN1CC[C@@]2(C)c3cc(O)ccc3N(C)[C@@H]2O1. The van der Waals surface area contributed by atoms with Crippen molar-refractivity contribution in [3.8, 4) is 5.75 Å². The van der Waals surface area contributed by atoms with Gasteiger partial charge in [-0.1, -0.05) is 6.92 Å². The maximum atomic E-state index is 9.67. The van der Waals surface area contributed by atoms with Crippen LogP contribution in [0, 0.1) is 0 Å². The van der Waals surface area contributed by atoms with E-state index in [9.17, 15) is 5.11 Å². The van der Waals surface area contributed by atoms with Gasteiger partial charge in [0.15, 0.2) is 6.23 Å². The Morgan fingerprint density at radius 3 is 2.94 bits per heavy atom. The Bertz CT molecular complexity index is 463. The highest BCUT2D eigenvalue weighted by Gasteiger charge is 2.50. The summed E-state index contributed by atoms with van der Waals surface area (Å²) in [4.78, 5) is 8.08. The van der Waals surface area contributed by atoms with Crippen LogP contribution in [0.4, 0.5) is 5.69 Å². The summed E-state index contributed by atoms with van der Waals surface area (Å²) in [5, 5.41) is 11.6. The molecule has 0 aliphatic carbocycles. The van der Waals surface area contributed by atoms with Gasteiger partial charge in [0.2, 0.25) is 0 Å². The van der Waals surface area contributed by atoms with Gasteiger partial charge < -0.3 is 10.0 Å². The molecule has 2 atom stereocenters. The van der Waals surface area contributed by atoms with Crippen LogP contribution in [-0.4, -0.2) is 37.0 Å². The summed E-state index contributed by atoms with van der Waals surface area (Å²) in [5.74, 6) is 0.331. The van der Waals surface area contributed by atoms with E-state index in [0.717, 1.165) is 18.7 Å². The fourth-order valence-electron chi connectivity index (χ4n) is 3.03. The molecule has 1 aromatic rings. The van der Waals surface area contributed by atoms with Crippen LogP contribution in [0.15, 0.2) is 18.2 Å². The summed E-state index contributed by atoms with van der Waals surface area (Å²) in [5.41, 5.74) is 2.32. The lowest BCUT2D eigenvalue weighted by atomic mass is 9.79. The number of phenolic OH excluding ortho intramolecular Hbond substituents is 1. The summed E-state index contributed by atoms with van der Waals surface area (Å²) in [7, 11) is 4.01. The quantitative estimate of drug-likeness (QED) is 0.741. The van der Waals surface area contributed by atoms with Crippen LogP contribution >= 0.6 is 0 Å². The minimum absolute atomic E-state index is 0.0260. The van der Waals surface area contributed by atoms with Crippen LogP contribution in [0.5, 0.6) is 5.75 Å². The minimum Gasteiger partial charge on any atom is -0.508 e. The first-order chi connectivity index (χ1) is 8.02. The fourth-order valence-corrected chi connectivity index (χ4v) is 3.03. The molecule has 0 saturated carbocycles. The van der Waals surface area contributed by atoms with Crippen LogP contribution < -0.4 is 4.90 Å². The number of rotatable bonds is 0. The Hall–Kier alpha value is -1.26. The normalized spacial score (nSPS) is 32.4. The highest BCUT2D eigenvalue weighted by molar-refractivity contribution is 5.64. The van der Waals surface area contributed by atoms with E-state index >= 15 is 0 Å². The maximum Gasteiger partial charge on any atom is 0.160 e. The van der Waals surface area contributed by atoms with Gasteiger partial charge in [-0.3, -0.25) is 4.84 Å². The van der Waals surface area contributed by atoms with Crippen molar-refractivity contribution in [1.29, 1.82) is 0 Å². The molecule has 17 heavy (non-hydrogen) atoms. The van der Waals surface area contributed by atoms with Crippen molar-refractivity contribution in [2.45, 2.75) is 25.0 Å². The van der Waals surface area contributed by atoms with Crippen LogP contribution in [0.1, 0.15) is 18.9 Å². The zero-order valence-corrected chi connectivity index (χ0v) is 10.5. The number of hydrogen-bond acceptors (Lipinski definition) is 4. The molecule has 0 amide bonds. The standard InChI is InChI=1S/C13H18N2O2/c1-13-6-7-14(2)17-12(13)15(3)11-5-4-9(16)8-10(11)13/h4-5,8,12,16H,6-7H2,1-3H3/t12-,13+/m1/s1. The van der Waals surface area contributed by atoms with Gasteiger partial charge in [0, 0.05) is 31.7 Å². The van der Waals surface area contributed by atoms with Gasteiger partial charge in [0.1, 0.15) is 5.75 Å². The molecular weight excluding hydrogens is 216 g/mol. The molecule has 4 nitrogen and oxygen atoms in total. The maximum absolute atomic E-state index is 9.67. The molecule has 1 saturated heterocycles. The molecule has 0 radical (unpaired) electrons. The first-order valence-corrected chi connectivity index (χ1v) is 5.96. The van der Waals surface area contributed by atoms with Crippen molar-refractivity contribution in [2.24, 2.45) is 0 Å². The highest BCUT2D eigenvalue weighted by atomic mass is 16.7. The first-order valence-electron chi connectivity index (χ1n) is 5.96. The van der Waals surface area contributed by atoms with E-state index in [2.05, 4.69) is 11.8 Å². The van der Waals surface area contributed by atoms with Crippen molar-refractivity contribution >= 4 is 5.69 Å². The molecule has 0 aromatic heterocycles. The number of hydrogen-bond donors (Lipinski definition) is 1. The molecule has 1 fully saturated rings. The van der Waals surface area contributed by atoms with Crippen LogP contribution in [-0.2, 0) is 10.3 Å². The lowest BCUT2D eigenvalue weighted by Gasteiger charge is -2.42. The van der Waals surface area contributed by atoms with Crippen LogP contribution in [0.3, 0.4) is 0 Å². The lowest BCUT2D eigenvalue weighted by molar-refractivity contribution is -0.226. The zero-order chi connectivity index (χ0) is 12.2.